The Morgan fingerprint density at radius 1 is 1.39 bits per heavy atom. The number of nitrogens with one attached hydrogen (secondary N) is 1. The second-order valence-corrected chi connectivity index (χ2v) is 7.27. The molecule has 1 N–H and O–H groups in total. The highest BCUT2D eigenvalue weighted by molar-refractivity contribution is 9.10. The summed E-state index contributed by atoms with van der Waals surface area (Å²) in [5, 5.41) is 2.88. The lowest BCUT2D eigenvalue weighted by molar-refractivity contribution is 0.597. The zero-order valence-corrected chi connectivity index (χ0v) is 12.5. The zero-order valence-electron chi connectivity index (χ0n) is 10.1. The fraction of sp³-hybridized carbons (Fsp3) is 0.600. The predicted molar refractivity (Wildman–Crippen MR) is 74.8 cm³/mol. The SMILES string of the molecule is CNc1ncc(Br)c(N2CCCS(=O)(=O)CC2)n1. The van der Waals surface area contributed by atoms with E-state index in [4.69, 9.17) is 0 Å². The highest BCUT2D eigenvalue weighted by Crippen LogP contribution is 2.25. The molecule has 2 heterocycles. The topological polar surface area (TPSA) is 75.2 Å². The fourth-order valence-electron chi connectivity index (χ4n) is 1.85. The van der Waals surface area contributed by atoms with E-state index < -0.39 is 9.84 Å². The van der Waals surface area contributed by atoms with Crippen LogP contribution in [0.25, 0.3) is 0 Å². The van der Waals surface area contributed by atoms with E-state index >= 15 is 0 Å². The average molecular weight is 335 g/mol. The van der Waals surface area contributed by atoms with Crippen LogP contribution in [0.2, 0.25) is 0 Å². The van der Waals surface area contributed by atoms with Gasteiger partial charge in [-0.2, -0.15) is 4.98 Å². The number of rotatable bonds is 2. The molecule has 0 radical (unpaired) electrons. The summed E-state index contributed by atoms with van der Waals surface area (Å²) < 4.78 is 23.9. The Morgan fingerprint density at radius 3 is 2.89 bits per heavy atom. The van der Waals surface area contributed by atoms with Gasteiger partial charge in [0.25, 0.3) is 0 Å². The van der Waals surface area contributed by atoms with Crippen LogP contribution < -0.4 is 10.2 Å². The third-order valence-electron chi connectivity index (χ3n) is 2.80. The van der Waals surface area contributed by atoms with Crippen LogP contribution in [0.4, 0.5) is 11.8 Å². The molecule has 1 saturated heterocycles. The van der Waals surface area contributed by atoms with Crippen molar-refractivity contribution in [3.05, 3.63) is 10.7 Å². The smallest absolute Gasteiger partial charge is 0.224 e. The highest BCUT2D eigenvalue weighted by atomic mass is 79.9. The van der Waals surface area contributed by atoms with Crippen molar-refractivity contribution in [2.75, 3.05) is 41.9 Å². The molecule has 6 nitrogen and oxygen atoms in total. The minimum atomic E-state index is -2.90. The number of halogens is 1. The Balaban J connectivity index is 2.25. The first kappa shape index (κ1) is 13.5. The number of nitrogens with zero attached hydrogens (tertiary/aromatic N) is 3. The van der Waals surface area contributed by atoms with Crippen molar-refractivity contribution in [3.63, 3.8) is 0 Å². The largest absolute Gasteiger partial charge is 0.357 e. The number of aromatic nitrogens is 2. The Bertz CT molecular complexity index is 535. The lowest BCUT2D eigenvalue weighted by Crippen LogP contribution is -2.28. The first-order valence-corrected chi connectivity index (χ1v) is 8.29. The molecular formula is C10H15BrN4O2S. The maximum Gasteiger partial charge on any atom is 0.224 e. The molecule has 1 aliphatic rings. The minimum Gasteiger partial charge on any atom is -0.357 e. The van der Waals surface area contributed by atoms with Gasteiger partial charge in [-0.3, -0.25) is 0 Å². The molecule has 0 spiro atoms. The molecule has 0 saturated carbocycles. The van der Waals surface area contributed by atoms with Crippen molar-refractivity contribution in [1.29, 1.82) is 0 Å². The van der Waals surface area contributed by atoms with Crippen LogP contribution >= 0.6 is 15.9 Å². The molecule has 0 atom stereocenters. The van der Waals surface area contributed by atoms with E-state index in [0.717, 1.165) is 10.3 Å². The molecule has 0 amide bonds. The molecule has 18 heavy (non-hydrogen) atoms. The Hall–Kier alpha value is -0.890. The molecule has 0 aromatic carbocycles. The first-order chi connectivity index (χ1) is 8.52. The summed E-state index contributed by atoms with van der Waals surface area (Å²) in [6, 6.07) is 0. The van der Waals surface area contributed by atoms with Gasteiger partial charge in [-0.1, -0.05) is 0 Å². The van der Waals surface area contributed by atoms with Crippen molar-refractivity contribution in [1.82, 2.24) is 9.97 Å². The number of sulfone groups is 1. The molecule has 100 valence electrons. The molecule has 0 unspecified atom stereocenters. The zero-order chi connectivity index (χ0) is 13.2. The van der Waals surface area contributed by atoms with E-state index in [2.05, 4.69) is 31.2 Å². The summed E-state index contributed by atoms with van der Waals surface area (Å²) >= 11 is 3.41. The van der Waals surface area contributed by atoms with Crippen LogP contribution in [0.3, 0.4) is 0 Å². The Kier molecular flexibility index (Phi) is 4.06. The van der Waals surface area contributed by atoms with Crippen LogP contribution in [0, 0.1) is 0 Å². The van der Waals surface area contributed by atoms with E-state index in [9.17, 15) is 8.42 Å². The van der Waals surface area contributed by atoms with Gasteiger partial charge in [0.05, 0.1) is 16.0 Å². The van der Waals surface area contributed by atoms with Gasteiger partial charge in [-0.25, -0.2) is 13.4 Å². The van der Waals surface area contributed by atoms with Gasteiger partial charge in [0, 0.05) is 26.3 Å². The van der Waals surface area contributed by atoms with Gasteiger partial charge in [0.2, 0.25) is 5.95 Å². The third kappa shape index (κ3) is 3.11. The Morgan fingerprint density at radius 2 is 2.17 bits per heavy atom. The predicted octanol–water partition coefficient (Wildman–Crippen LogP) is 0.906. The molecule has 1 fully saturated rings. The summed E-state index contributed by atoms with van der Waals surface area (Å²) in [7, 11) is -1.15. The highest BCUT2D eigenvalue weighted by Gasteiger charge is 2.21. The van der Waals surface area contributed by atoms with Crippen LogP contribution in [-0.4, -0.2) is 50.0 Å². The van der Waals surface area contributed by atoms with E-state index in [1.165, 1.54) is 0 Å². The lowest BCUT2D eigenvalue weighted by atomic mass is 10.4. The van der Waals surface area contributed by atoms with Gasteiger partial charge in [0.15, 0.2) is 9.84 Å². The average Bonchev–Trinajstić information content (AvgIpc) is 2.51. The van der Waals surface area contributed by atoms with Crippen molar-refractivity contribution >= 4 is 37.5 Å². The summed E-state index contributed by atoms with van der Waals surface area (Å²) in [5.74, 6) is 1.70. The number of anilines is 2. The summed E-state index contributed by atoms with van der Waals surface area (Å²) in [4.78, 5) is 10.4. The van der Waals surface area contributed by atoms with E-state index in [-0.39, 0.29) is 11.5 Å². The van der Waals surface area contributed by atoms with Crippen LogP contribution in [-0.2, 0) is 9.84 Å². The van der Waals surface area contributed by atoms with Crippen molar-refractivity contribution < 1.29 is 8.42 Å². The summed E-state index contributed by atoms with van der Waals surface area (Å²) in [6.07, 6.45) is 2.31. The van der Waals surface area contributed by atoms with Gasteiger partial charge >= 0.3 is 0 Å². The number of hydrogen-bond donors (Lipinski definition) is 1. The maximum atomic E-state index is 11.6. The number of hydrogen-bond acceptors (Lipinski definition) is 6. The monoisotopic (exact) mass is 334 g/mol. The molecule has 0 aliphatic carbocycles. The van der Waals surface area contributed by atoms with Crippen molar-refractivity contribution in [3.8, 4) is 0 Å². The first-order valence-electron chi connectivity index (χ1n) is 5.67. The standard InChI is InChI=1S/C10H15BrN4O2S/c1-12-10-13-7-8(11)9(14-10)15-3-2-5-18(16,17)6-4-15/h7H,2-6H2,1H3,(H,12,13,14). The van der Waals surface area contributed by atoms with Gasteiger partial charge in [0.1, 0.15) is 5.82 Å². The second-order valence-electron chi connectivity index (χ2n) is 4.11. The van der Waals surface area contributed by atoms with Crippen LogP contribution in [0.1, 0.15) is 6.42 Å². The molecular weight excluding hydrogens is 320 g/mol. The quantitative estimate of drug-likeness (QED) is 0.866. The summed E-state index contributed by atoms with van der Waals surface area (Å²) in [6.45, 7) is 1.17. The van der Waals surface area contributed by atoms with E-state index in [1.54, 1.807) is 13.2 Å². The molecule has 0 bridgehead atoms. The van der Waals surface area contributed by atoms with E-state index in [1.807, 2.05) is 4.90 Å². The Labute approximate surface area is 115 Å². The van der Waals surface area contributed by atoms with Crippen LogP contribution in [0.15, 0.2) is 10.7 Å². The van der Waals surface area contributed by atoms with Crippen LogP contribution in [0.5, 0.6) is 0 Å². The van der Waals surface area contributed by atoms with Gasteiger partial charge in [-0.05, 0) is 22.4 Å². The molecule has 8 heteroatoms. The van der Waals surface area contributed by atoms with Gasteiger partial charge < -0.3 is 10.2 Å². The van der Waals surface area contributed by atoms with Crippen molar-refractivity contribution in [2.24, 2.45) is 0 Å². The normalized spacial score (nSPS) is 19.3. The molecule has 1 aromatic heterocycles. The molecule has 1 aliphatic heterocycles. The van der Waals surface area contributed by atoms with Crippen molar-refractivity contribution in [2.45, 2.75) is 6.42 Å². The molecule has 2 rings (SSSR count). The summed E-state index contributed by atoms with van der Waals surface area (Å²) in [5.41, 5.74) is 0. The molecule has 1 aromatic rings. The second kappa shape index (κ2) is 5.40. The third-order valence-corrected chi connectivity index (χ3v) is 5.08. The van der Waals surface area contributed by atoms with Gasteiger partial charge in [-0.15, -0.1) is 0 Å². The minimum absolute atomic E-state index is 0.179. The maximum absolute atomic E-state index is 11.6. The fourth-order valence-corrected chi connectivity index (χ4v) is 3.56. The lowest BCUT2D eigenvalue weighted by Gasteiger charge is -2.22. The van der Waals surface area contributed by atoms with E-state index in [0.29, 0.717) is 25.5 Å².